The Morgan fingerprint density at radius 3 is 2.54 bits per heavy atom. The van der Waals surface area contributed by atoms with E-state index in [0.717, 1.165) is 0 Å². The van der Waals surface area contributed by atoms with E-state index in [2.05, 4.69) is 0 Å². The summed E-state index contributed by atoms with van der Waals surface area (Å²) in [4.78, 5) is 39.7. The number of aliphatic carboxylic acids is 1. The quantitative estimate of drug-likeness (QED) is 0.853. The standard InChI is InChI=1S/C17H19FN2O4/c1-17(16(23)24)8-2-9-20(17)15(22)13-7-10-19(14(13)21)12-5-3-11(18)4-6-12/h3-6,13H,2,7-10H2,1H3,(H,23,24). The van der Waals surface area contributed by atoms with Gasteiger partial charge in [-0.15, -0.1) is 0 Å². The second kappa shape index (κ2) is 5.89. The molecular formula is C17H19FN2O4. The van der Waals surface area contributed by atoms with Gasteiger partial charge in [0.05, 0.1) is 0 Å². The molecule has 0 bridgehead atoms. The lowest BCUT2D eigenvalue weighted by atomic mass is 9.97. The number of nitrogens with zero attached hydrogens (tertiary/aromatic N) is 2. The molecule has 2 fully saturated rings. The molecule has 7 heteroatoms. The van der Waals surface area contributed by atoms with Gasteiger partial charge in [-0.1, -0.05) is 0 Å². The van der Waals surface area contributed by atoms with Crippen LogP contribution in [0.4, 0.5) is 10.1 Å². The Morgan fingerprint density at radius 1 is 1.25 bits per heavy atom. The first-order chi connectivity index (χ1) is 11.3. The summed E-state index contributed by atoms with van der Waals surface area (Å²) in [6.45, 7) is 2.23. The van der Waals surface area contributed by atoms with Crippen LogP contribution in [0.25, 0.3) is 0 Å². The monoisotopic (exact) mass is 334 g/mol. The number of likely N-dealkylation sites (tertiary alicyclic amines) is 1. The molecule has 2 unspecified atom stereocenters. The largest absolute Gasteiger partial charge is 0.480 e. The summed E-state index contributed by atoms with van der Waals surface area (Å²) >= 11 is 0. The number of amides is 2. The highest BCUT2D eigenvalue weighted by molar-refractivity contribution is 6.10. The third kappa shape index (κ3) is 2.53. The van der Waals surface area contributed by atoms with Crippen molar-refractivity contribution < 1.29 is 23.9 Å². The van der Waals surface area contributed by atoms with Crippen molar-refractivity contribution in [3.8, 4) is 0 Å². The number of rotatable bonds is 3. The number of hydrogen-bond donors (Lipinski definition) is 1. The fourth-order valence-corrected chi connectivity index (χ4v) is 3.51. The Balaban J connectivity index is 1.79. The number of carbonyl (C=O) groups is 3. The molecule has 2 aliphatic heterocycles. The summed E-state index contributed by atoms with van der Waals surface area (Å²) in [7, 11) is 0. The highest BCUT2D eigenvalue weighted by Gasteiger charge is 2.50. The average Bonchev–Trinajstić information content (AvgIpc) is 3.12. The third-order valence-corrected chi connectivity index (χ3v) is 5.01. The predicted molar refractivity (Wildman–Crippen MR) is 83.8 cm³/mol. The Labute approximate surface area is 138 Å². The minimum Gasteiger partial charge on any atom is -0.480 e. The molecule has 2 atom stereocenters. The molecule has 0 spiro atoms. The zero-order valence-corrected chi connectivity index (χ0v) is 13.4. The highest BCUT2D eigenvalue weighted by atomic mass is 19.1. The number of carbonyl (C=O) groups excluding carboxylic acids is 2. The predicted octanol–water partition coefficient (Wildman–Crippen LogP) is 1.64. The van der Waals surface area contributed by atoms with Crippen LogP contribution < -0.4 is 4.90 Å². The Morgan fingerprint density at radius 2 is 1.92 bits per heavy atom. The molecule has 3 rings (SSSR count). The van der Waals surface area contributed by atoms with Crippen LogP contribution in [0.15, 0.2) is 24.3 Å². The maximum absolute atomic E-state index is 13.0. The van der Waals surface area contributed by atoms with Gasteiger partial charge in [-0.05, 0) is 50.5 Å². The Kier molecular flexibility index (Phi) is 4.03. The second-order valence-corrected chi connectivity index (χ2v) is 6.48. The van der Waals surface area contributed by atoms with E-state index in [0.29, 0.717) is 38.0 Å². The fourth-order valence-electron chi connectivity index (χ4n) is 3.51. The number of hydrogen-bond acceptors (Lipinski definition) is 3. The van der Waals surface area contributed by atoms with Crippen molar-refractivity contribution in [2.75, 3.05) is 18.0 Å². The van der Waals surface area contributed by atoms with Crippen molar-refractivity contribution in [1.82, 2.24) is 4.90 Å². The lowest BCUT2D eigenvalue weighted by molar-refractivity contribution is -0.157. The summed E-state index contributed by atoms with van der Waals surface area (Å²) < 4.78 is 13.0. The smallest absolute Gasteiger partial charge is 0.329 e. The van der Waals surface area contributed by atoms with Crippen LogP contribution in [0.3, 0.4) is 0 Å². The molecule has 0 saturated carbocycles. The third-order valence-electron chi connectivity index (χ3n) is 5.01. The molecule has 1 N–H and O–H groups in total. The van der Waals surface area contributed by atoms with Crippen LogP contribution >= 0.6 is 0 Å². The van der Waals surface area contributed by atoms with E-state index in [9.17, 15) is 23.9 Å². The minimum absolute atomic E-state index is 0.335. The molecule has 2 amide bonds. The lowest BCUT2D eigenvalue weighted by Gasteiger charge is -2.32. The van der Waals surface area contributed by atoms with Gasteiger partial charge in [-0.2, -0.15) is 0 Å². The van der Waals surface area contributed by atoms with Gasteiger partial charge in [0.25, 0.3) is 0 Å². The molecule has 1 aromatic rings. The molecule has 2 heterocycles. The van der Waals surface area contributed by atoms with E-state index in [1.54, 1.807) is 0 Å². The zero-order chi connectivity index (χ0) is 17.5. The van der Waals surface area contributed by atoms with Crippen LogP contribution in [0, 0.1) is 11.7 Å². The highest BCUT2D eigenvalue weighted by Crippen LogP contribution is 2.34. The van der Waals surface area contributed by atoms with Crippen LogP contribution in [0.5, 0.6) is 0 Å². The van der Waals surface area contributed by atoms with E-state index in [1.807, 2.05) is 0 Å². The second-order valence-electron chi connectivity index (χ2n) is 6.48. The van der Waals surface area contributed by atoms with Gasteiger partial charge in [0.2, 0.25) is 11.8 Å². The van der Waals surface area contributed by atoms with E-state index >= 15 is 0 Å². The van der Waals surface area contributed by atoms with Crippen molar-refractivity contribution in [2.45, 2.75) is 31.7 Å². The van der Waals surface area contributed by atoms with E-state index in [1.165, 1.54) is 41.0 Å². The normalized spacial score (nSPS) is 26.9. The number of carboxylic acids is 1. The first-order valence-corrected chi connectivity index (χ1v) is 7.96. The van der Waals surface area contributed by atoms with Crippen molar-refractivity contribution in [2.24, 2.45) is 5.92 Å². The van der Waals surface area contributed by atoms with Crippen LogP contribution in [-0.4, -0.2) is 46.4 Å². The molecule has 2 saturated heterocycles. The van der Waals surface area contributed by atoms with Gasteiger partial charge in [0.1, 0.15) is 17.3 Å². The van der Waals surface area contributed by atoms with E-state index in [-0.39, 0.29) is 5.91 Å². The van der Waals surface area contributed by atoms with Crippen LogP contribution in [0.1, 0.15) is 26.2 Å². The minimum atomic E-state index is -1.25. The molecule has 6 nitrogen and oxygen atoms in total. The van der Waals surface area contributed by atoms with E-state index < -0.39 is 29.2 Å². The summed E-state index contributed by atoms with van der Waals surface area (Å²) in [6.07, 6.45) is 1.33. The van der Waals surface area contributed by atoms with Gasteiger partial charge >= 0.3 is 5.97 Å². The van der Waals surface area contributed by atoms with Gasteiger partial charge in [0.15, 0.2) is 0 Å². The van der Waals surface area contributed by atoms with E-state index in [4.69, 9.17) is 0 Å². The van der Waals surface area contributed by atoms with Crippen molar-refractivity contribution >= 4 is 23.5 Å². The summed E-state index contributed by atoms with van der Waals surface area (Å²) in [5, 5.41) is 9.43. The summed E-state index contributed by atoms with van der Waals surface area (Å²) in [5.74, 6) is -3.09. The summed E-state index contributed by atoms with van der Waals surface area (Å²) in [6, 6.07) is 5.52. The molecule has 24 heavy (non-hydrogen) atoms. The van der Waals surface area contributed by atoms with Gasteiger partial charge in [-0.3, -0.25) is 9.59 Å². The number of benzene rings is 1. The topological polar surface area (TPSA) is 77.9 Å². The maximum Gasteiger partial charge on any atom is 0.329 e. The molecule has 0 aromatic heterocycles. The zero-order valence-electron chi connectivity index (χ0n) is 13.4. The maximum atomic E-state index is 13.0. The van der Waals surface area contributed by atoms with Crippen molar-refractivity contribution in [3.63, 3.8) is 0 Å². The average molecular weight is 334 g/mol. The molecule has 0 aliphatic carbocycles. The van der Waals surface area contributed by atoms with Gasteiger partial charge in [-0.25, -0.2) is 9.18 Å². The molecule has 1 aromatic carbocycles. The summed E-state index contributed by atoms with van der Waals surface area (Å²) in [5.41, 5.74) is -0.708. The van der Waals surface area contributed by atoms with Crippen LogP contribution in [0.2, 0.25) is 0 Å². The molecule has 2 aliphatic rings. The lowest BCUT2D eigenvalue weighted by Crippen LogP contribution is -2.53. The molecular weight excluding hydrogens is 315 g/mol. The number of halogens is 1. The van der Waals surface area contributed by atoms with Crippen molar-refractivity contribution in [1.29, 1.82) is 0 Å². The first-order valence-electron chi connectivity index (χ1n) is 7.96. The fraction of sp³-hybridized carbons (Fsp3) is 0.471. The number of anilines is 1. The van der Waals surface area contributed by atoms with Gasteiger partial charge < -0.3 is 14.9 Å². The molecule has 128 valence electrons. The van der Waals surface area contributed by atoms with Gasteiger partial charge in [0, 0.05) is 18.8 Å². The Bertz CT molecular complexity index is 690. The number of carboxylic acid groups (broad SMARTS) is 1. The first kappa shape index (κ1) is 16.4. The van der Waals surface area contributed by atoms with Crippen molar-refractivity contribution in [3.05, 3.63) is 30.1 Å². The Hall–Kier alpha value is -2.44. The molecule has 0 radical (unpaired) electrons. The van der Waals surface area contributed by atoms with Crippen LogP contribution in [-0.2, 0) is 14.4 Å². The SMILES string of the molecule is CC1(C(=O)O)CCCN1C(=O)C1CCN(c2ccc(F)cc2)C1=O.